The number of carboxylic acids is 1. The second-order valence-electron chi connectivity index (χ2n) is 10.3. The molecule has 0 fully saturated rings. The van der Waals surface area contributed by atoms with Gasteiger partial charge in [-0.05, 0) is 73.1 Å². The van der Waals surface area contributed by atoms with Crippen molar-refractivity contribution in [1.29, 1.82) is 0 Å². The molecule has 0 bridgehead atoms. The largest absolute Gasteiger partial charge is 0.487 e. The van der Waals surface area contributed by atoms with E-state index in [9.17, 15) is 9.59 Å². The van der Waals surface area contributed by atoms with Gasteiger partial charge in [-0.25, -0.2) is 9.18 Å². The molecule has 11 nitrogen and oxygen atoms in total. The molecule has 242 valence electrons. The molecule has 3 aromatic rings. The summed E-state index contributed by atoms with van der Waals surface area (Å²) in [5.74, 6) is -0.974. The second kappa shape index (κ2) is 17.4. The smallest absolute Gasteiger partial charge is 0.335 e. The molecule has 1 amide bonds. The molecule has 0 spiro atoms. The maximum Gasteiger partial charge on any atom is 0.335 e. The van der Waals surface area contributed by atoms with Crippen LogP contribution in [0.4, 0.5) is 4.39 Å². The fourth-order valence-corrected chi connectivity index (χ4v) is 4.86. The van der Waals surface area contributed by atoms with Gasteiger partial charge in [-0.1, -0.05) is 12.1 Å². The van der Waals surface area contributed by atoms with Gasteiger partial charge in [-0.3, -0.25) is 4.79 Å². The van der Waals surface area contributed by atoms with E-state index in [2.05, 4.69) is 10.6 Å². The van der Waals surface area contributed by atoms with Crippen molar-refractivity contribution in [2.24, 2.45) is 5.73 Å². The van der Waals surface area contributed by atoms with Gasteiger partial charge in [0.05, 0.1) is 45.2 Å². The number of carboxylic acid groups (broad SMARTS) is 1. The SMILES string of the molecule is CNCCOCCOCCOCCOc1cc2c(cc1Oc1ccc(-c3ccc(C(=O)O)cc3)c(F)c1)C(CC(N)=O)NCC2. The minimum absolute atomic E-state index is 0.114. The molecule has 0 saturated carbocycles. The standard InChI is InChI=1S/C33H40FN3O8/c1-36-10-11-41-12-13-42-14-15-43-16-17-44-30-18-24-8-9-37-29(21-32(35)38)27(24)20-31(30)45-25-6-7-26(28(34)19-25)22-2-4-23(5-3-22)33(39)40/h2-7,18-20,29,36-37H,8-17,21H2,1H3,(H2,35,38)(H,39,40). The van der Waals surface area contributed by atoms with Crippen molar-refractivity contribution in [1.82, 2.24) is 10.6 Å². The fourth-order valence-electron chi connectivity index (χ4n) is 4.86. The Morgan fingerprint density at radius 1 is 0.933 bits per heavy atom. The Labute approximate surface area is 261 Å². The third kappa shape index (κ3) is 10.2. The lowest BCUT2D eigenvalue weighted by molar-refractivity contribution is -0.118. The Bertz CT molecular complexity index is 1420. The summed E-state index contributed by atoms with van der Waals surface area (Å²) >= 11 is 0. The molecule has 4 rings (SSSR count). The van der Waals surface area contributed by atoms with E-state index < -0.39 is 17.7 Å². The number of carbonyl (C=O) groups is 2. The van der Waals surface area contributed by atoms with E-state index in [1.165, 1.54) is 18.2 Å². The van der Waals surface area contributed by atoms with Crippen LogP contribution < -0.4 is 25.8 Å². The molecular formula is C33H40FN3O8. The monoisotopic (exact) mass is 625 g/mol. The Kier molecular flexibility index (Phi) is 13.1. The summed E-state index contributed by atoms with van der Waals surface area (Å²) in [5, 5.41) is 15.5. The summed E-state index contributed by atoms with van der Waals surface area (Å²) in [7, 11) is 1.87. The Hall–Kier alpha value is -4.07. The first-order chi connectivity index (χ1) is 21.9. The molecule has 0 aromatic heterocycles. The fraction of sp³-hybridized carbons (Fsp3) is 0.394. The van der Waals surface area contributed by atoms with Crippen LogP contribution in [0.2, 0.25) is 0 Å². The number of ether oxygens (including phenoxy) is 5. The van der Waals surface area contributed by atoms with Gasteiger partial charge in [0.1, 0.15) is 18.2 Å². The van der Waals surface area contributed by atoms with Crippen molar-refractivity contribution >= 4 is 11.9 Å². The third-order valence-electron chi connectivity index (χ3n) is 7.11. The molecule has 12 heteroatoms. The lowest BCUT2D eigenvalue weighted by Gasteiger charge is -2.28. The zero-order valence-electron chi connectivity index (χ0n) is 25.3. The lowest BCUT2D eigenvalue weighted by atomic mass is 9.91. The average Bonchev–Trinajstić information content (AvgIpc) is 3.02. The number of aromatic carboxylic acids is 1. The van der Waals surface area contributed by atoms with Crippen LogP contribution in [0.15, 0.2) is 54.6 Å². The average molecular weight is 626 g/mol. The van der Waals surface area contributed by atoms with Crippen LogP contribution in [-0.4, -0.2) is 83.4 Å². The quantitative estimate of drug-likeness (QED) is 0.145. The molecule has 5 N–H and O–H groups in total. The van der Waals surface area contributed by atoms with E-state index in [0.717, 1.165) is 24.1 Å². The van der Waals surface area contributed by atoms with Gasteiger partial charge in [0, 0.05) is 30.6 Å². The molecule has 1 unspecified atom stereocenters. The van der Waals surface area contributed by atoms with E-state index in [0.29, 0.717) is 68.8 Å². The zero-order chi connectivity index (χ0) is 32.0. The minimum atomic E-state index is -1.06. The van der Waals surface area contributed by atoms with Gasteiger partial charge >= 0.3 is 5.97 Å². The molecule has 0 aliphatic carbocycles. The summed E-state index contributed by atoms with van der Waals surface area (Å²) < 4.78 is 44.0. The number of fused-ring (bicyclic) bond motifs is 1. The molecule has 0 saturated heterocycles. The van der Waals surface area contributed by atoms with E-state index in [1.807, 2.05) is 13.1 Å². The molecule has 1 atom stereocenters. The number of rotatable bonds is 19. The Balaban J connectivity index is 1.41. The first kappa shape index (κ1) is 33.8. The summed E-state index contributed by atoms with van der Waals surface area (Å²) in [6, 6.07) is 13.8. The topological polar surface area (TPSA) is 151 Å². The molecule has 1 heterocycles. The predicted octanol–water partition coefficient (Wildman–Crippen LogP) is 3.69. The van der Waals surface area contributed by atoms with E-state index in [-0.39, 0.29) is 30.4 Å². The van der Waals surface area contributed by atoms with Crippen molar-refractivity contribution in [3.8, 4) is 28.4 Å². The zero-order valence-corrected chi connectivity index (χ0v) is 25.3. The molecular weight excluding hydrogens is 585 g/mol. The molecule has 0 radical (unpaired) electrons. The van der Waals surface area contributed by atoms with Gasteiger partial charge in [0.25, 0.3) is 0 Å². The number of halogens is 1. The number of nitrogens with one attached hydrogen (secondary N) is 2. The van der Waals surface area contributed by atoms with Gasteiger partial charge in [0.15, 0.2) is 11.5 Å². The maximum atomic E-state index is 15.2. The Morgan fingerprint density at radius 2 is 1.62 bits per heavy atom. The minimum Gasteiger partial charge on any atom is -0.487 e. The van der Waals surface area contributed by atoms with Crippen molar-refractivity contribution in [2.45, 2.75) is 18.9 Å². The first-order valence-electron chi connectivity index (χ1n) is 14.9. The summed E-state index contributed by atoms with van der Waals surface area (Å²) in [6.07, 6.45) is 0.840. The van der Waals surface area contributed by atoms with Gasteiger partial charge in [-0.15, -0.1) is 0 Å². The highest BCUT2D eigenvalue weighted by Gasteiger charge is 2.25. The van der Waals surface area contributed by atoms with E-state index in [4.69, 9.17) is 34.5 Å². The summed E-state index contributed by atoms with van der Waals surface area (Å²) in [6.45, 7) is 4.50. The maximum absolute atomic E-state index is 15.2. The van der Waals surface area contributed by atoms with Crippen molar-refractivity contribution < 1.29 is 42.8 Å². The lowest BCUT2D eigenvalue weighted by Crippen LogP contribution is -2.33. The molecule has 1 aliphatic heterocycles. The highest BCUT2D eigenvalue weighted by atomic mass is 19.1. The summed E-state index contributed by atoms with van der Waals surface area (Å²) in [5.41, 5.74) is 8.30. The number of hydrogen-bond acceptors (Lipinski definition) is 9. The number of hydrogen-bond donors (Lipinski definition) is 4. The highest BCUT2D eigenvalue weighted by Crippen LogP contribution is 2.39. The van der Waals surface area contributed by atoms with Crippen LogP contribution in [0.25, 0.3) is 11.1 Å². The van der Waals surface area contributed by atoms with Crippen molar-refractivity contribution in [3.05, 3.63) is 77.1 Å². The number of likely N-dealkylation sites (N-methyl/N-ethyl adjacent to an activating group) is 1. The Morgan fingerprint density at radius 3 is 2.27 bits per heavy atom. The second-order valence-corrected chi connectivity index (χ2v) is 10.3. The van der Waals surface area contributed by atoms with Crippen molar-refractivity contribution in [3.63, 3.8) is 0 Å². The van der Waals surface area contributed by atoms with E-state index in [1.54, 1.807) is 30.3 Å². The normalized spacial score (nSPS) is 14.1. The number of carbonyl (C=O) groups excluding carboxylic acids is 1. The van der Waals surface area contributed by atoms with Crippen LogP contribution in [0.1, 0.15) is 33.9 Å². The van der Waals surface area contributed by atoms with Crippen LogP contribution in [0.3, 0.4) is 0 Å². The third-order valence-corrected chi connectivity index (χ3v) is 7.11. The van der Waals surface area contributed by atoms with E-state index >= 15 is 4.39 Å². The van der Waals surface area contributed by atoms with Crippen LogP contribution in [0.5, 0.6) is 17.2 Å². The number of primary amides is 1. The number of benzene rings is 3. The number of amides is 1. The van der Waals surface area contributed by atoms with Gasteiger partial charge < -0.3 is 45.2 Å². The van der Waals surface area contributed by atoms with Crippen LogP contribution >= 0.6 is 0 Å². The summed E-state index contributed by atoms with van der Waals surface area (Å²) in [4.78, 5) is 22.9. The molecule has 1 aliphatic rings. The van der Waals surface area contributed by atoms with Crippen molar-refractivity contribution in [2.75, 3.05) is 66.4 Å². The predicted molar refractivity (Wildman–Crippen MR) is 165 cm³/mol. The molecule has 3 aromatic carbocycles. The van der Waals surface area contributed by atoms with Crippen LogP contribution in [0, 0.1) is 5.82 Å². The first-order valence-corrected chi connectivity index (χ1v) is 14.9. The number of nitrogens with two attached hydrogens (primary N) is 1. The van der Waals surface area contributed by atoms with Gasteiger partial charge in [0.2, 0.25) is 5.91 Å². The highest BCUT2D eigenvalue weighted by molar-refractivity contribution is 5.88. The molecule has 45 heavy (non-hydrogen) atoms. The van der Waals surface area contributed by atoms with Gasteiger partial charge in [-0.2, -0.15) is 0 Å². The van der Waals surface area contributed by atoms with Crippen LogP contribution in [-0.2, 0) is 25.4 Å².